The smallest absolute Gasteiger partial charge is 0.438 e. The van der Waals surface area contributed by atoms with Crippen LogP contribution >= 0.6 is 0 Å². The maximum Gasteiger partial charge on any atom is 0.438 e. The molecule has 2 N–H and O–H groups in total. The van der Waals surface area contributed by atoms with Gasteiger partial charge in [-0.3, -0.25) is 0 Å². The minimum atomic E-state index is -3.12. The maximum absolute atomic E-state index is 10.8. The summed E-state index contributed by atoms with van der Waals surface area (Å²) in [6.45, 7) is 4.82. The molecule has 0 saturated carbocycles. The monoisotopic (exact) mass is 196 g/mol. The fourth-order valence-corrected chi connectivity index (χ4v) is 0.550. The molecule has 0 aromatic carbocycles. The number of amides is 1. The molecule has 0 spiro atoms. The van der Waals surface area contributed by atoms with Gasteiger partial charge in [0.2, 0.25) is 10.9 Å². The van der Waals surface area contributed by atoms with Crippen molar-refractivity contribution in [3.05, 3.63) is 0 Å². The Kier molecular flexibility index (Phi) is 3.47. The Balaban J connectivity index is 4.24. The van der Waals surface area contributed by atoms with Gasteiger partial charge < -0.3 is 4.74 Å². The predicted molar refractivity (Wildman–Crippen MR) is 42.6 cm³/mol. The minimum absolute atomic E-state index is 0.0284. The number of hydrazine groups is 1. The highest BCUT2D eigenvalue weighted by molar-refractivity contribution is 7.70. The first kappa shape index (κ1) is 11.2. The lowest BCUT2D eigenvalue weighted by molar-refractivity contribution is 0.0395. The van der Waals surface area contributed by atoms with Gasteiger partial charge in [-0.15, -0.1) is 4.41 Å². The molecule has 0 saturated heterocycles. The molecule has 0 bridgehead atoms. The van der Waals surface area contributed by atoms with Crippen LogP contribution in [0.2, 0.25) is 0 Å². The first-order chi connectivity index (χ1) is 5.24. The molecule has 0 aliphatic carbocycles. The number of thiol groups is 1. The molecule has 0 radical (unpaired) electrons. The van der Waals surface area contributed by atoms with Crippen LogP contribution in [0.25, 0.3) is 0 Å². The summed E-state index contributed by atoms with van der Waals surface area (Å²) >= 11 is 0. The van der Waals surface area contributed by atoms with Crippen molar-refractivity contribution >= 4 is 17.0 Å². The molecule has 0 aromatic heterocycles. The highest BCUT2D eigenvalue weighted by Crippen LogP contribution is 2.07. The standard InChI is InChI=1S/C5H12N2O4S/c1-5(2,3)11-4(8)7(6)12(9)10/h12H,6H2,1-3H3. The SMILES string of the molecule is CC(C)(C)OC(=O)N(N)[SH](=O)=O. The Morgan fingerprint density at radius 3 is 2.08 bits per heavy atom. The molecular weight excluding hydrogens is 184 g/mol. The molecule has 72 valence electrons. The van der Waals surface area contributed by atoms with Gasteiger partial charge in [0.1, 0.15) is 5.60 Å². The third-order valence-electron chi connectivity index (χ3n) is 0.756. The van der Waals surface area contributed by atoms with Crippen molar-refractivity contribution in [2.75, 3.05) is 0 Å². The zero-order valence-electron chi connectivity index (χ0n) is 7.10. The quantitative estimate of drug-likeness (QED) is 0.258. The van der Waals surface area contributed by atoms with E-state index >= 15 is 0 Å². The van der Waals surface area contributed by atoms with Crippen molar-refractivity contribution in [1.29, 1.82) is 0 Å². The summed E-state index contributed by atoms with van der Waals surface area (Å²) in [5.41, 5.74) is -0.750. The van der Waals surface area contributed by atoms with Crippen LogP contribution < -0.4 is 5.84 Å². The fraction of sp³-hybridized carbons (Fsp3) is 0.800. The average molecular weight is 196 g/mol. The second-order valence-corrected chi connectivity index (χ2v) is 3.97. The second kappa shape index (κ2) is 3.72. The summed E-state index contributed by atoms with van der Waals surface area (Å²) in [4.78, 5) is 10.8. The van der Waals surface area contributed by atoms with Crippen LogP contribution in [0, 0.1) is 0 Å². The molecule has 0 atom stereocenters. The summed E-state index contributed by atoms with van der Waals surface area (Å²) in [6.07, 6.45) is -1.08. The van der Waals surface area contributed by atoms with Crippen LogP contribution in [0.1, 0.15) is 20.8 Å². The van der Waals surface area contributed by atoms with Crippen LogP contribution in [-0.2, 0) is 15.6 Å². The average Bonchev–Trinajstić information content (AvgIpc) is 1.82. The third-order valence-corrected chi connectivity index (χ3v) is 1.27. The summed E-state index contributed by atoms with van der Waals surface area (Å²) in [7, 11) is -3.12. The molecule has 12 heavy (non-hydrogen) atoms. The number of carbonyl (C=O) groups excluding carboxylic acids is 1. The lowest BCUT2D eigenvalue weighted by Gasteiger charge is -2.20. The number of rotatable bonds is 1. The van der Waals surface area contributed by atoms with E-state index in [1.165, 1.54) is 0 Å². The summed E-state index contributed by atoms with van der Waals surface area (Å²) in [5, 5.41) is 0. The molecule has 0 aliphatic rings. The van der Waals surface area contributed by atoms with Crippen molar-refractivity contribution in [2.24, 2.45) is 5.84 Å². The Bertz CT molecular complexity index is 234. The summed E-state index contributed by atoms with van der Waals surface area (Å²) < 4.78 is 25.0. The molecule has 0 aromatic rings. The van der Waals surface area contributed by atoms with Crippen molar-refractivity contribution in [1.82, 2.24) is 4.41 Å². The van der Waals surface area contributed by atoms with Gasteiger partial charge in [0, 0.05) is 0 Å². The first-order valence-corrected chi connectivity index (χ1v) is 4.29. The van der Waals surface area contributed by atoms with E-state index in [0.29, 0.717) is 0 Å². The van der Waals surface area contributed by atoms with Gasteiger partial charge in [-0.2, -0.15) is 0 Å². The van der Waals surface area contributed by atoms with Gasteiger partial charge in [-0.25, -0.2) is 19.1 Å². The lowest BCUT2D eigenvalue weighted by Crippen LogP contribution is -2.40. The highest BCUT2D eigenvalue weighted by atomic mass is 32.2. The van der Waals surface area contributed by atoms with Gasteiger partial charge >= 0.3 is 6.09 Å². The number of ether oxygens (including phenoxy) is 1. The van der Waals surface area contributed by atoms with Gasteiger partial charge in [0.05, 0.1) is 0 Å². The highest BCUT2D eigenvalue weighted by Gasteiger charge is 2.21. The molecule has 7 heteroatoms. The Morgan fingerprint density at radius 2 is 1.83 bits per heavy atom. The van der Waals surface area contributed by atoms with Crippen molar-refractivity contribution in [2.45, 2.75) is 26.4 Å². The summed E-state index contributed by atoms with van der Waals surface area (Å²) in [5.74, 6) is 4.83. The predicted octanol–water partition coefficient (Wildman–Crippen LogP) is -0.376. The molecule has 0 heterocycles. The van der Waals surface area contributed by atoms with Crippen LogP contribution in [0.15, 0.2) is 0 Å². The van der Waals surface area contributed by atoms with E-state index in [0.717, 1.165) is 0 Å². The van der Waals surface area contributed by atoms with Crippen molar-refractivity contribution in [3.8, 4) is 0 Å². The molecule has 0 aliphatic heterocycles. The van der Waals surface area contributed by atoms with E-state index in [-0.39, 0.29) is 4.41 Å². The Hall–Kier alpha value is -0.820. The zero-order valence-corrected chi connectivity index (χ0v) is 8.00. The largest absolute Gasteiger partial charge is 0.442 e. The van der Waals surface area contributed by atoms with Gasteiger partial charge in [0.15, 0.2) is 0 Å². The van der Waals surface area contributed by atoms with E-state index < -0.39 is 22.6 Å². The molecule has 0 unspecified atom stereocenters. The number of nitrogens with two attached hydrogens (primary N) is 1. The minimum Gasteiger partial charge on any atom is -0.442 e. The fourth-order valence-electron chi connectivity index (χ4n) is 0.375. The van der Waals surface area contributed by atoms with E-state index in [2.05, 4.69) is 4.74 Å². The number of hydrogen-bond acceptors (Lipinski definition) is 5. The van der Waals surface area contributed by atoms with Gasteiger partial charge in [0.25, 0.3) is 0 Å². The normalized spacial score (nSPS) is 11.4. The van der Waals surface area contributed by atoms with E-state index in [9.17, 15) is 13.2 Å². The van der Waals surface area contributed by atoms with Crippen LogP contribution in [0.5, 0.6) is 0 Å². The molecule has 1 amide bonds. The van der Waals surface area contributed by atoms with E-state index in [4.69, 9.17) is 5.84 Å². The Labute approximate surface area is 72.3 Å². The van der Waals surface area contributed by atoms with E-state index in [1.807, 2.05) is 0 Å². The Morgan fingerprint density at radius 1 is 1.42 bits per heavy atom. The van der Waals surface area contributed by atoms with Crippen LogP contribution in [0.3, 0.4) is 0 Å². The summed E-state index contributed by atoms with van der Waals surface area (Å²) in [6, 6.07) is 0. The van der Waals surface area contributed by atoms with Crippen LogP contribution in [0.4, 0.5) is 4.79 Å². The van der Waals surface area contributed by atoms with E-state index in [1.54, 1.807) is 20.8 Å². The lowest BCUT2D eigenvalue weighted by atomic mass is 10.2. The third kappa shape index (κ3) is 4.14. The second-order valence-electron chi connectivity index (χ2n) is 3.06. The number of carbonyl (C=O) groups is 1. The van der Waals surface area contributed by atoms with Gasteiger partial charge in [-0.05, 0) is 20.8 Å². The topological polar surface area (TPSA) is 89.7 Å². The molecule has 0 rings (SSSR count). The molecule has 6 nitrogen and oxygen atoms in total. The van der Waals surface area contributed by atoms with Crippen molar-refractivity contribution in [3.63, 3.8) is 0 Å². The molecular formula is C5H12N2O4S. The zero-order chi connectivity index (χ0) is 9.94. The number of hydrogen-bond donors (Lipinski definition) is 2. The van der Waals surface area contributed by atoms with Crippen LogP contribution in [-0.4, -0.2) is 24.5 Å². The van der Waals surface area contributed by atoms with Crippen molar-refractivity contribution < 1.29 is 17.9 Å². The first-order valence-electron chi connectivity index (χ1n) is 3.16. The molecule has 0 fully saturated rings. The van der Waals surface area contributed by atoms with Gasteiger partial charge in [-0.1, -0.05) is 0 Å². The maximum atomic E-state index is 10.8. The number of nitrogens with zero attached hydrogens (tertiary/aromatic N) is 1.